The van der Waals surface area contributed by atoms with Gasteiger partial charge in [0.25, 0.3) is 0 Å². The number of thiophene rings is 2. The molecule has 13 rings (SSSR count). The highest BCUT2D eigenvalue weighted by Gasteiger charge is 2.55. The lowest BCUT2D eigenvalue weighted by Gasteiger charge is -2.47. The maximum atomic E-state index is 2.47. The first-order valence-corrected chi connectivity index (χ1v) is 24.2. The van der Waals surface area contributed by atoms with Gasteiger partial charge in [-0.2, -0.15) is 0 Å². The van der Waals surface area contributed by atoms with E-state index < -0.39 is 0 Å². The molecular weight excluding hydrogens is 823 g/mol. The fourth-order valence-corrected chi connectivity index (χ4v) is 14.0. The Balaban J connectivity index is 1.02. The van der Waals surface area contributed by atoms with E-state index in [1.807, 2.05) is 22.7 Å². The monoisotopic (exact) mass is 865 g/mol. The molecule has 308 valence electrons. The zero-order valence-corrected chi connectivity index (χ0v) is 37.5. The predicted molar refractivity (Wildman–Crippen MR) is 281 cm³/mol. The molecule has 2 aromatic heterocycles. The second-order valence-corrected chi connectivity index (χ2v) is 19.8. The summed E-state index contributed by atoms with van der Waals surface area (Å²) in [7, 11) is 0. The predicted octanol–water partition coefficient (Wildman–Crippen LogP) is 18.1. The van der Waals surface area contributed by atoms with Crippen LogP contribution in [0.25, 0.3) is 73.7 Å². The standard InChI is InChI=1S/C62H43NS2/c1-61(39-13-4-14-40-61)62(44-19-7-3-8-20-44)53-26-11-9-22-52(53)57-54(62)38-37-51-50-25-16-27-55(59(50)65-60(51)57)63(45-33-29-42(30-34-45)41-17-5-2-6-18-41)46-35-31-43(32-36-46)47-23-15-24-49-48-21-10-12-28-56(48)64-58(47)49/h2-39H,40H2,1H3. The third kappa shape index (κ3) is 5.69. The Hall–Kier alpha value is -7.30. The van der Waals surface area contributed by atoms with Crippen LogP contribution >= 0.6 is 22.7 Å². The second-order valence-electron chi connectivity index (χ2n) is 17.8. The Morgan fingerprint density at radius 2 is 1.05 bits per heavy atom. The topological polar surface area (TPSA) is 3.24 Å². The van der Waals surface area contributed by atoms with Crippen LogP contribution in [0.2, 0.25) is 0 Å². The van der Waals surface area contributed by atoms with Gasteiger partial charge >= 0.3 is 0 Å². The van der Waals surface area contributed by atoms with Gasteiger partial charge in [0.15, 0.2) is 0 Å². The van der Waals surface area contributed by atoms with E-state index in [0.29, 0.717) is 0 Å². The molecule has 0 bridgehead atoms. The minimum atomic E-state index is -0.372. The van der Waals surface area contributed by atoms with Crippen molar-refractivity contribution in [3.05, 3.63) is 247 Å². The van der Waals surface area contributed by atoms with Crippen molar-refractivity contribution < 1.29 is 0 Å². The Morgan fingerprint density at radius 3 is 1.82 bits per heavy atom. The summed E-state index contributed by atoms with van der Waals surface area (Å²) in [6.45, 7) is 2.47. The van der Waals surface area contributed by atoms with Crippen molar-refractivity contribution in [2.75, 3.05) is 4.90 Å². The summed E-state index contributed by atoms with van der Waals surface area (Å²) in [5.74, 6) is 0. The van der Waals surface area contributed by atoms with Crippen LogP contribution in [0.1, 0.15) is 30.0 Å². The van der Waals surface area contributed by atoms with Crippen molar-refractivity contribution in [3.8, 4) is 33.4 Å². The maximum Gasteiger partial charge on any atom is 0.0640 e. The van der Waals surface area contributed by atoms with Crippen LogP contribution in [0, 0.1) is 5.41 Å². The molecule has 0 N–H and O–H groups in total. The number of allylic oxidation sites excluding steroid dienone is 4. The number of hydrogen-bond donors (Lipinski definition) is 0. The molecule has 2 heterocycles. The number of hydrogen-bond acceptors (Lipinski definition) is 3. The van der Waals surface area contributed by atoms with Gasteiger partial charge in [-0.3, -0.25) is 0 Å². The number of anilines is 3. The average molecular weight is 866 g/mol. The van der Waals surface area contributed by atoms with Crippen LogP contribution in [0.3, 0.4) is 0 Å². The SMILES string of the molecule is CC1(C2(c3ccccc3)c3ccccc3-c3c2ccc2c3sc3c(N(c4ccc(-c5ccccc5)cc4)c4ccc(-c5cccc6c5sc5ccccc56)cc4)cccc32)C=CC=CC1. The summed E-state index contributed by atoms with van der Waals surface area (Å²) in [4.78, 5) is 2.47. The lowest BCUT2D eigenvalue weighted by atomic mass is 9.54. The summed E-state index contributed by atoms with van der Waals surface area (Å²) in [6.07, 6.45) is 10.2. The Kier molecular flexibility index (Phi) is 8.75. The van der Waals surface area contributed by atoms with Gasteiger partial charge in [0.05, 0.1) is 15.8 Å². The molecule has 0 saturated carbocycles. The van der Waals surface area contributed by atoms with Crippen LogP contribution < -0.4 is 4.90 Å². The first kappa shape index (κ1) is 38.2. The lowest BCUT2D eigenvalue weighted by Crippen LogP contribution is -2.43. The summed E-state index contributed by atoms with van der Waals surface area (Å²) < 4.78 is 5.29. The first-order chi connectivity index (χ1) is 32.1. The fourth-order valence-electron chi connectivity index (χ4n) is 11.4. The molecule has 0 amide bonds. The van der Waals surface area contributed by atoms with Crippen molar-refractivity contribution in [2.45, 2.75) is 18.8 Å². The minimum Gasteiger partial charge on any atom is -0.309 e. The van der Waals surface area contributed by atoms with Gasteiger partial charge in [0, 0.05) is 58.0 Å². The molecule has 65 heavy (non-hydrogen) atoms. The highest BCUT2D eigenvalue weighted by atomic mass is 32.1. The summed E-state index contributed by atoms with van der Waals surface area (Å²) in [6, 6.07) is 76.9. The van der Waals surface area contributed by atoms with Gasteiger partial charge < -0.3 is 4.90 Å². The fraction of sp³-hybridized carbons (Fsp3) is 0.0645. The normalized spacial score (nSPS) is 17.6. The largest absolute Gasteiger partial charge is 0.309 e. The van der Waals surface area contributed by atoms with Gasteiger partial charge in [-0.1, -0.05) is 201 Å². The molecule has 9 aromatic carbocycles. The zero-order valence-electron chi connectivity index (χ0n) is 35.9. The van der Waals surface area contributed by atoms with Gasteiger partial charge in [-0.25, -0.2) is 0 Å². The van der Waals surface area contributed by atoms with E-state index in [9.17, 15) is 0 Å². The molecule has 0 spiro atoms. The van der Waals surface area contributed by atoms with E-state index in [2.05, 4.69) is 242 Å². The molecule has 11 aromatic rings. The number of rotatable bonds is 7. The molecule has 2 atom stereocenters. The molecule has 2 aliphatic carbocycles. The van der Waals surface area contributed by atoms with Crippen molar-refractivity contribution in [1.82, 2.24) is 0 Å². The van der Waals surface area contributed by atoms with Crippen LogP contribution in [0.15, 0.2) is 231 Å². The Bertz CT molecular complexity index is 3690. The highest BCUT2D eigenvalue weighted by Crippen LogP contribution is 2.65. The number of benzene rings is 9. The van der Waals surface area contributed by atoms with Gasteiger partial charge in [0.1, 0.15) is 0 Å². The smallest absolute Gasteiger partial charge is 0.0640 e. The second kappa shape index (κ2) is 14.9. The van der Waals surface area contributed by atoms with Gasteiger partial charge in [-0.05, 0) is 87.3 Å². The van der Waals surface area contributed by atoms with E-state index in [4.69, 9.17) is 0 Å². The number of nitrogens with zero attached hydrogens (tertiary/aromatic N) is 1. The molecule has 3 heteroatoms. The third-order valence-corrected chi connectivity index (χ3v) is 16.8. The molecule has 0 radical (unpaired) electrons. The molecule has 2 aliphatic rings. The van der Waals surface area contributed by atoms with Crippen molar-refractivity contribution in [3.63, 3.8) is 0 Å². The molecule has 0 fully saturated rings. The van der Waals surface area contributed by atoms with E-state index in [1.54, 1.807) is 0 Å². The average Bonchev–Trinajstić information content (AvgIpc) is 4.05. The highest BCUT2D eigenvalue weighted by molar-refractivity contribution is 7.27. The van der Waals surface area contributed by atoms with E-state index in [1.165, 1.54) is 96.1 Å². The van der Waals surface area contributed by atoms with Crippen LogP contribution in [0.4, 0.5) is 17.1 Å². The van der Waals surface area contributed by atoms with Crippen LogP contribution in [0.5, 0.6) is 0 Å². The van der Waals surface area contributed by atoms with Crippen molar-refractivity contribution in [1.29, 1.82) is 0 Å². The zero-order chi connectivity index (χ0) is 43.1. The molecule has 0 aliphatic heterocycles. The summed E-state index contributed by atoms with van der Waals surface area (Å²) in [5.41, 5.74) is 14.6. The Morgan fingerprint density at radius 1 is 0.431 bits per heavy atom. The summed E-state index contributed by atoms with van der Waals surface area (Å²) >= 11 is 3.83. The van der Waals surface area contributed by atoms with Gasteiger partial charge in [0.2, 0.25) is 0 Å². The van der Waals surface area contributed by atoms with E-state index >= 15 is 0 Å². The van der Waals surface area contributed by atoms with Gasteiger partial charge in [-0.15, -0.1) is 22.7 Å². The molecule has 0 saturated heterocycles. The van der Waals surface area contributed by atoms with Crippen LogP contribution in [-0.2, 0) is 5.41 Å². The Labute approximate surface area is 387 Å². The molecule has 2 unspecified atom stereocenters. The van der Waals surface area contributed by atoms with Crippen molar-refractivity contribution >= 4 is 80.1 Å². The third-order valence-electron chi connectivity index (χ3n) is 14.3. The minimum absolute atomic E-state index is 0.183. The maximum absolute atomic E-state index is 2.47. The van der Waals surface area contributed by atoms with Crippen molar-refractivity contribution in [2.24, 2.45) is 5.41 Å². The van der Waals surface area contributed by atoms with Crippen LogP contribution in [-0.4, -0.2) is 0 Å². The number of fused-ring (bicyclic) bond motifs is 10. The molecule has 1 nitrogen and oxygen atoms in total. The molecular formula is C62H43NS2. The first-order valence-electron chi connectivity index (χ1n) is 22.6. The lowest BCUT2D eigenvalue weighted by molar-refractivity contribution is 0.293. The van der Waals surface area contributed by atoms with E-state index in [0.717, 1.165) is 17.8 Å². The summed E-state index contributed by atoms with van der Waals surface area (Å²) in [5, 5.41) is 5.23. The quantitative estimate of drug-likeness (QED) is 0.154. The van der Waals surface area contributed by atoms with E-state index in [-0.39, 0.29) is 10.8 Å².